The Balaban J connectivity index is 1.68. The second-order valence-corrected chi connectivity index (χ2v) is 11.6. The molecule has 0 spiro atoms. The van der Waals surface area contributed by atoms with Crippen LogP contribution in [-0.4, -0.2) is 43.8 Å². The predicted molar refractivity (Wildman–Crippen MR) is 149 cm³/mol. The van der Waals surface area contributed by atoms with E-state index in [4.69, 9.17) is 9.72 Å². The van der Waals surface area contributed by atoms with Crippen LogP contribution in [0.1, 0.15) is 42.6 Å². The molecular formula is C28H31N3O4S2. The molecule has 0 saturated carbocycles. The van der Waals surface area contributed by atoms with Gasteiger partial charge in [-0.3, -0.25) is 9.69 Å². The zero-order valence-electron chi connectivity index (χ0n) is 21.3. The summed E-state index contributed by atoms with van der Waals surface area (Å²) < 4.78 is 34.1. The van der Waals surface area contributed by atoms with Gasteiger partial charge in [0.2, 0.25) is 10.0 Å². The molecule has 1 heterocycles. The summed E-state index contributed by atoms with van der Waals surface area (Å²) >= 11 is 1.41. The first kappa shape index (κ1) is 26.8. The first-order chi connectivity index (χ1) is 17.9. The third kappa shape index (κ3) is 6.01. The molecule has 4 aromatic rings. The van der Waals surface area contributed by atoms with Crippen molar-refractivity contribution in [3.63, 3.8) is 0 Å². The Morgan fingerprint density at radius 3 is 2.24 bits per heavy atom. The molecule has 37 heavy (non-hydrogen) atoms. The van der Waals surface area contributed by atoms with E-state index in [0.29, 0.717) is 30.3 Å². The Bertz CT molecular complexity index is 1450. The highest BCUT2D eigenvalue weighted by Gasteiger charge is 2.25. The Hall–Kier alpha value is -3.27. The fraction of sp³-hybridized carbons (Fsp3) is 0.286. The van der Waals surface area contributed by atoms with E-state index in [1.807, 2.05) is 62.4 Å². The van der Waals surface area contributed by atoms with Gasteiger partial charge < -0.3 is 4.74 Å². The number of hydrogen-bond donors (Lipinski definition) is 0. The molecule has 0 aliphatic carbocycles. The van der Waals surface area contributed by atoms with Gasteiger partial charge in [0.15, 0.2) is 5.13 Å². The summed E-state index contributed by atoms with van der Waals surface area (Å²) in [6, 6.07) is 21.5. The van der Waals surface area contributed by atoms with Crippen LogP contribution in [0.3, 0.4) is 0 Å². The van der Waals surface area contributed by atoms with Gasteiger partial charge in [0.05, 0.1) is 28.8 Å². The van der Waals surface area contributed by atoms with E-state index in [-0.39, 0.29) is 10.8 Å². The molecule has 0 unspecified atom stereocenters. The molecule has 7 nitrogen and oxygen atoms in total. The lowest BCUT2D eigenvalue weighted by Gasteiger charge is -2.22. The maximum absolute atomic E-state index is 13.8. The lowest BCUT2D eigenvalue weighted by atomic mass is 10.1. The number of rotatable bonds is 11. The molecule has 9 heteroatoms. The van der Waals surface area contributed by atoms with E-state index >= 15 is 0 Å². The summed E-state index contributed by atoms with van der Waals surface area (Å²) in [5.41, 5.74) is 2.13. The van der Waals surface area contributed by atoms with Crippen LogP contribution in [0, 0.1) is 0 Å². The minimum Gasteiger partial charge on any atom is -0.497 e. The van der Waals surface area contributed by atoms with Crippen LogP contribution in [-0.2, 0) is 16.6 Å². The highest BCUT2D eigenvalue weighted by molar-refractivity contribution is 7.89. The fourth-order valence-corrected chi connectivity index (χ4v) is 6.67. The zero-order chi connectivity index (χ0) is 26.4. The summed E-state index contributed by atoms with van der Waals surface area (Å²) in [6.07, 6.45) is 1.47. The van der Waals surface area contributed by atoms with Crippen LogP contribution < -0.4 is 9.64 Å². The first-order valence-electron chi connectivity index (χ1n) is 12.3. The van der Waals surface area contributed by atoms with Crippen LogP contribution in [0.15, 0.2) is 77.7 Å². The Kier molecular flexibility index (Phi) is 8.58. The first-order valence-corrected chi connectivity index (χ1v) is 14.5. The van der Waals surface area contributed by atoms with Gasteiger partial charge in [-0.25, -0.2) is 13.4 Å². The van der Waals surface area contributed by atoms with Gasteiger partial charge in [-0.2, -0.15) is 4.31 Å². The van der Waals surface area contributed by atoms with Crippen molar-refractivity contribution in [3.05, 3.63) is 83.9 Å². The zero-order valence-corrected chi connectivity index (χ0v) is 22.9. The molecule has 1 aromatic heterocycles. The van der Waals surface area contributed by atoms with Gasteiger partial charge in [0.1, 0.15) is 5.75 Å². The Morgan fingerprint density at radius 1 is 0.946 bits per heavy atom. The number of aromatic nitrogens is 1. The summed E-state index contributed by atoms with van der Waals surface area (Å²) in [7, 11) is -2.01. The normalized spacial score (nSPS) is 11.7. The van der Waals surface area contributed by atoms with Crippen molar-refractivity contribution in [1.29, 1.82) is 0 Å². The number of methoxy groups -OCH3 is 1. The third-order valence-corrected chi connectivity index (χ3v) is 8.88. The molecule has 0 aliphatic heterocycles. The molecule has 0 atom stereocenters. The SMILES string of the molecule is CCCN(CCC)S(=O)(=O)c1ccc(C(=O)N(Cc2ccccc2)c2nc3ccc(OC)cc3s2)cc1. The van der Waals surface area contributed by atoms with Crippen LogP contribution in [0.5, 0.6) is 5.75 Å². The topological polar surface area (TPSA) is 79.8 Å². The lowest BCUT2D eigenvalue weighted by molar-refractivity contribution is 0.0985. The van der Waals surface area contributed by atoms with Crippen molar-refractivity contribution in [2.45, 2.75) is 38.1 Å². The van der Waals surface area contributed by atoms with Gasteiger partial charge in [-0.05, 0) is 60.9 Å². The molecule has 4 rings (SSSR count). The number of amides is 1. The number of thiazole rings is 1. The number of fused-ring (bicyclic) bond motifs is 1. The number of ether oxygens (including phenoxy) is 1. The Labute approximate surface area is 222 Å². The molecule has 194 valence electrons. The monoisotopic (exact) mass is 537 g/mol. The smallest absolute Gasteiger partial charge is 0.260 e. The Morgan fingerprint density at radius 2 is 1.62 bits per heavy atom. The number of anilines is 1. The largest absolute Gasteiger partial charge is 0.497 e. The van der Waals surface area contributed by atoms with E-state index < -0.39 is 10.0 Å². The van der Waals surface area contributed by atoms with E-state index in [9.17, 15) is 13.2 Å². The minimum absolute atomic E-state index is 0.188. The number of benzene rings is 3. The predicted octanol–water partition coefficient (Wildman–Crippen LogP) is 5.96. The second-order valence-electron chi connectivity index (χ2n) is 8.64. The molecule has 0 saturated heterocycles. The van der Waals surface area contributed by atoms with E-state index in [1.165, 1.54) is 27.8 Å². The highest BCUT2D eigenvalue weighted by atomic mass is 32.2. The second kappa shape index (κ2) is 11.9. The van der Waals surface area contributed by atoms with Crippen molar-refractivity contribution in [3.8, 4) is 5.75 Å². The quantitative estimate of drug-likeness (QED) is 0.236. The number of carbonyl (C=O) groups excluding carboxylic acids is 1. The van der Waals surface area contributed by atoms with Crippen molar-refractivity contribution < 1.29 is 17.9 Å². The summed E-state index contributed by atoms with van der Waals surface area (Å²) in [5, 5.41) is 0.561. The van der Waals surface area contributed by atoms with Gasteiger partial charge in [0.25, 0.3) is 5.91 Å². The van der Waals surface area contributed by atoms with Crippen LogP contribution in [0.2, 0.25) is 0 Å². The van der Waals surface area contributed by atoms with Gasteiger partial charge in [-0.15, -0.1) is 0 Å². The number of carbonyl (C=O) groups is 1. The van der Waals surface area contributed by atoms with Crippen molar-refractivity contribution in [1.82, 2.24) is 9.29 Å². The summed E-state index contributed by atoms with van der Waals surface area (Å²) in [5.74, 6) is 0.471. The lowest BCUT2D eigenvalue weighted by Crippen LogP contribution is -2.33. The molecular weight excluding hydrogens is 506 g/mol. The van der Waals surface area contributed by atoms with Crippen molar-refractivity contribution in [2.24, 2.45) is 0 Å². The molecule has 0 radical (unpaired) electrons. The maximum atomic E-state index is 13.8. The fourth-order valence-electron chi connectivity index (χ4n) is 4.05. The number of sulfonamides is 1. The summed E-state index contributed by atoms with van der Waals surface area (Å²) in [6.45, 7) is 5.17. The van der Waals surface area contributed by atoms with Gasteiger partial charge >= 0.3 is 0 Å². The number of nitrogens with zero attached hydrogens (tertiary/aromatic N) is 3. The van der Waals surface area contributed by atoms with Crippen LogP contribution in [0.4, 0.5) is 5.13 Å². The van der Waals surface area contributed by atoms with E-state index in [1.54, 1.807) is 24.1 Å². The molecule has 1 amide bonds. The summed E-state index contributed by atoms with van der Waals surface area (Å²) in [4.78, 5) is 20.3. The average Bonchev–Trinajstić information content (AvgIpc) is 3.35. The third-order valence-electron chi connectivity index (χ3n) is 5.93. The van der Waals surface area contributed by atoms with Crippen molar-refractivity contribution in [2.75, 3.05) is 25.1 Å². The number of hydrogen-bond acceptors (Lipinski definition) is 6. The molecule has 0 aliphatic rings. The van der Waals surface area contributed by atoms with Crippen LogP contribution in [0.25, 0.3) is 10.2 Å². The minimum atomic E-state index is -3.63. The molecule has 0 fully saturated rings. The molecule has 0 bridgehead atoms. The van der Waals surface area contributed by atoms with E-state index in [2.05, 4.69) is 0 Å². The van der Waals surface area contributed by atoms with Gasteiger partial charge in [0, 0.05) is 18.7 Å². The maximum Gasteiger partial charge on any atom is 0.260 e. The van der Waals surface area contributed by atoms with E-state index in [0.717, 1.165) is 34.4 Å². The standard InChI is InChI=1S/C28H31N3O4S2/c1-4-17-30(18-5-2)37(33,34)24-14-11-22(12-15-24)27(32)31(20-21-9-7-6-8-10-21)28-29-25-16-13-23(35-3)19-26(25)36-28/h6-16,19H,4-5,17-18,20H2,1-3H3. The van der Waals surface area contributed by atoms with Crippen molar-refractivity contribution >= 4 is 42.6 Å². The van der Waals surface area contributed by atoms with Crippen LogP contribution >= 0.6 is 11.3 Å². The highest BCUT2D eigenvalue weighted by Crippen LogP contribution is 2.33. The van der Waals surface area contributed by atoms with Gasteiger partial charge in [-0.1, -0.05) is 55.5 Å². The molecule has 0 N–H and O–H groups in total. The molecule has 3 aromatic carbocycles. The average molecular weight is 538 g/mol.